The van der Waals surface area contributed by atoms with Crippen molar-refractivity contribution in [2.45, 2.75) is 12.8 Å². The van der Waals surface area contributed by atoms with Crippen molar-refractivity contribution in [2.75, 3.05) is 7.11 Å². The van der Waals surface area contributed by atoms with E-state index in [0.717, 1.165) is 11.1 Å². The lowest BCUT2D eigenvalue weighted by atomic mass is 9.97. The molecule has 2 rings (SSSR count). The topological polar surface area (TPSA) is 69.4 Å². The monoisotopic (exact) mass is 285 g/mol. The Bertz CT molecular complexity index is 664. The number of benzene rings is 2. The summed E-state index contributed by atoms with van der Waals surface area (Å²) in [6.07, 6.45) is 0. The summed E-state index contributed by atoms with van der Waals surface area (Å²) in [6.45, 7) is 1.76. The fraction of sp³-hybridized carbons (Fsp3) is 0.188. The van der Waals surface area contributed by atoms with Crippen LogP contribution < -0.4 is 0 Å². The summed E-state index contributed by atoms with van der Waals surface area (Å²) in [5.74, 6) is -0.678. The van der Waals surface area contributed by atoms with E-state index in [0.29, 0.717) is 5.56 Å². The zero-order valence-corrected chi connectivity index (χ0v) is 11.8. The molecule has 1 atom stereocenters. The highest BCUT2D eigenvalue weighted by Gasteiger charge is 2.17. The van der Waals surface area contributed by atoms with Gasteiger partial charge in [0.05, 0.1) is 23.5 Å². The Balaban J connectivity index is 2.36. The summed E-state index contributed by atoms with van der Waals surface area (Å²) < 4.78 is 4.70. The molecule has 0 fully saturated rings. The molecule has 5 nitrogen and oxygen atoms in total. The van der Waals surface area contributed by atoms with Crippen LogP contribution in [0.1, 0.15) is 18.4 Å². The van der Waals surface area contributed by atoms with Gasteiger partial charge in [-0.3, -0.25) is 14.9 Å². The van der Waals surface area contributed by atoms with Gasteiger partial charge in [0.1, 0.15) is 0 Å². The average Bonchev–Trinajstić information content (AvgIpc) is 2.53. The molecule has 0 bridgehead atoms. The molecule has 0 amide bonds. The highest BCUT2D eigenvalue weighted by Crippen LogP contribution is 2.30. The van der Waals surface area contributed by atoms with Crippen LogP contribution in [0, 0.1) is 10.1 Å². The van der Waals surface area contributed by atoms with Gasteiger partial charge in [0, 0.05) is 6.07 Å². The molecule has 2 aromatic carbocycles. The van der Waals surface area contributed by atoms with Crippen LogP contribution in [0.15, 0.2) is 48.5 Å². The quantitative estimate of drug-likeness (QED) is 0.489. The minimum atomic E-state index is -0.402. The standard InChI is InChI=1S/C16H15NO4/c1-11(16(18)21-2)12-7-9-13(10-8-12)14-5-3-4-6-15(14)17(19)20/h3-11H,1-2H3. The summed E-state index contributed by atoms with van der Waals surface area (Å²) in [6, 6.07) is 13.7. The predicted octanol–water partition coefficient (Wildman–Crippen LogP) is 3.54. The van der Waals surface area contributed by atoms with Crippen molar-refractivity contribution in [3.05, 3.63) is 64.2 Å². The SMILES string of the molecule is COC(=O)C(C)c1ccc(-c2ccccc2[N+](=O)[O-])cc1. The first kappa shape index (κ1) is 14.7. The maximum absolute atomic E-state index is 11.5. The van der Waals surface area contributed by atoms with E-state index in [1.165, 1.54) is 13.2 Å². The number of rotatable bonds is 4. The lowest BCUT2D eigenvalue weighted by molar-refractivity contribution is -0.384. The molecule has 0 N–H and O–H groups in total. The second kappa shape index (κ2) is 6.17. The van der Waals surface area contributed by atoms with Crippen molar-refractivity contribution in [3.8, 4) is 11.1 Å². The predicted molar refractivity (Wildman–Crippen MR) is 79.0 cm³/mol. The van der Waals surface area contributed by atoms with Crippen molar-refractivity contribution >= 4 is 11.7 Å². The van der Waals surface area contributed by atoms with E-state index in [9.17, 15) is 14.9 Å². The van der Waals surface area contributed by atoms with Gasteiger partial charge in [-0.25, -0.2) is 0 Å². The second-order valence-electron chi connectivity index (χ2n) is 4.64. The van der Waals surface area contributed by atoms with Crippen molar-refractivity contribution in [1.29, 1.82) is 0 Å². The first-order valence-electron chi connectivity index (χ1n) is 6.46. The number of methoxy groups -OCH3 is 1. The number of carbonyl (C=O) groups excluding carboxylic acids is 1. The molecule has 0 aromatic heterocycles. The highest BCUT2D eigenvalue weighted by molar-refractivity contribution is 5.78. The maximum atomic E-state index is 11.5. The summed E-state index contributed by atoms with van der Waals surface area (Å²) >= 11 is 0. The minimum Gasteiger partial charge on any atom is -0.469 e. The molecule has 0 aliphatic heterocycles. The van der Waals surface area contributed by atoms with E-state index in [1.807, 2.05) is 0 Å². The molecule has 0 radical (unpaired) electrons. The van der Waals surface area contributed by atoms with Crippen LogP contribution >= 0.6 is 0 Å². The molecule has 0 saturated carbocycles. The Morgan fingerprint density at radius 1 is 1.14 bits per heavy atom. The zero-order valence-electron chi connectivity index (χ0n) is 11.8. The molecule has 0 aliphatic rings. The highest BCUT2D eigenvalue weighted by atomic mass is 16.6. The largest absolute Gasteiger partial charge is 0.469 e. The lowest BCUT2D eigenvalue weighted by Crippen LogP contribution is -2.10. The van der Waals surface area contributed by atoms with E-state index >= 15 is 0 Å². The number of carbonyl (C=O) groups is 1. The first-order valence-corrected chi connectivity index (χ1v) is 6.46. The average molecular weight is 285 g/mol. The number of nitro groups is 1. The van der Waals surface area contributed by atoms with Gasteiger partial charge in [0.2, 0.25) is 0 Å². The van der Waals surface area contributed by atoms with Gasteiger partial charge in [0.25, 0.3) is 5.69 Å². The first-order chi connectivity index (χ1) is 10.0. The number of hydrogen-bond donors (Lipinski definition) is 0. The number of esters is 1. The van der Waals surface area contributed by atoms with Crippen molar-refractivity contribution < 1.29 is 14.5 Å². The summed E-state index contributed by atoms with van der Waals surface area (Å²) in [5.41, 5.74) is 2.17. The fourth-order valence-electron chi connectivity index (χ4n) is 2.14. The molecule has 0 heterocycles. The van der Waals surface area contributed by atoms with Gasteiger partial charge < -0.3 is 4.74 Å². The maximum Gasteiger partial charge on any atom is 0.312 e. The number of hydrogen-bond acceptors (Lipinski definition) is 4. The third-order valence-electron chi connectivity index (χ3n) is 3.38. The normalized spacial score (nSPS) is 11.7. The third-order valence-corrected chi connectivity index (χ3v) is 3.38. The number of ether oxygens (including phenoxy) is 1. The van der Waals surface area contributed by atoms with E-state index in [1.54, 1.807) is 49.4 Å². The van der Waals surface area contributed by atoms with E-state index in [4.69, 9.17) is 4.74 Å². The Kier molecular flexibility index (Phi) is 4.33. The number of para-hydroxylation sites is 1. The van der Waals surface area contributed by atoms with Crippen molar-refractivity contribution in [2.24, 2.45) is 0 Å². The minimum absolute atomic E-state index is 0.0614. The van der Waals surface area contributed by atoms with Crippen molar-refractivity contribution in [1.82, 2.24) is 0 Å². The van der Waals surface area contributed by atoms with E-state index in [2.05, 4.69) is 0 Å². The zero-order chi connectivity index (χ0) is 15.4. The van der Waals surface area contributed by atoms with Crippen LogP contribution in [0.25, 0.3) is 11.1 Å². The van der Waals surface area contributed by atoms with Crippen molar-refractivity contribution in [3.63, 3.8) is 0 Å². The molecule has 0 spiro atoms. The van der Waals surface area contributed by atoms with Gasteiger partial charge in [-0.1, -0.05) is 36.4 Å². The molecule has 1 unspecified atom stereocenters. The Labute approximate surface area is 122 Å². The van der Waals surface area contributed by atoms with Gasteiger partial charge in [-0.05, 0) is 24.1 Å². The molecule has 2 aromatic rings. The molecular formula is C16H15NO4. The van der Waals surface area contributed by atoms with Gasteiger partial charge in [0.15, 0.2) is 0 Å². The summed E-state index contributed by atoms with van der Waals surface area (Å²) in [4.78, 5) is 22.1. The Hall–Kier alpha value is -2.69. The van der Waals surface area contributed by atoms with Crippen LogP contribution in [0.5, 0.6) is 0 Å². The van der Waals surface area contributed by atoms with Crippen LogP contribution in [-0.4, -0.2) is 18.0 Å². The lowest BCUT2D eigenvalue weighted by Gasteiger charge is -2.10. The number of nitro benzene ring substituents is 1. The third kappa shape index (κ3) is 3.08. The molecular weight excluding hydrogens is 270 g/mol. The van der Waals surface area contributed by atoms with Gasteiger partial charge in [-0.15, -0.1) is 0 Å². The number of nitrogens with zero attached hydrogens (tertiary/aromatic N) is 1. The van der Waals surface area contributed by atoms with Crippen LogP contribution in [-0.2, 0) is 9.53 Å². The Morgan fingerprint density at radius 3 is 2.33 bits per heavy atom. The molecule has 5 heteroatoms. The molecule has 108 valence electrons. The van der Waals surface area contributed by atoms with Gasteiger partial charge in [-0.2, -0.15) is 0 Å². The second-order valence-corrected chi connectivity index (χ2v) is 4.64. The van der Waals surface area contributed by atoms with Crippen LogP contribution in [0.4, 0.5) is 5.69 Å². The smallest absolute Gasteiger partial charge is 0.312 e. The Morgan fingerprint density at radius 2 is 1.76 bits per heavy atom. The van der Waals surface area contributed by atoms with Gasteiger partial charge >= 0.3 is 5.97 Å². The molecule has 21 heavy (non-hydrogen) atoms. The summed E-state index contributed by atoms with van der Waals surface area (Å²) in [5, 5.41) is 11.0. The molecule has 0 saturated heterocycles. The van der Waals surface area contributed by atoms with Crippen LogP contribution in [0.2, 0.25) is 0 Å². The van der Waals surface area contributed by atoms with E-state index < -0.39 is 4.92 Å². The van der Waals surface area contributed by atoms with E-state index in [-0.39, 0.29) is 17.6 Å². The van der Waals surface area contributed by atoms with Crippen LogP contribution in [0.3, 0.4) is 0 Å². The molecule has 0 aliphatic carbocycles. The fourth-order valence-corrected chi connectivity index (χ4v) is 2.14. The summed E-state index contributed by atoms with van der Waals surface area (Å²) in [7, 11) is 1.35.